The van der Waals surface area contributed by atoms with E-state index in [0.717, 1.165) is 12.6 Å². The molecule has 2 aliphatic heterocycles. The Balaban J connectivity index is 2.36. The van der Waals surface area contributed by atoms with Crippen LogP contribution in [0.25, 0.3) is 0 Å². The van der Waals surface area contributed by atoms with Crippen molar-refractivity contribution in [1.29, 1.82) is 0 Å². The molecule has 0 bridgehead atoms. The molecule has 0 saturated carbocycles. The van der Waals surface area contributed by atoms with Crippen LogP contribution in [0.2, 0.25) is 0 Å². The zero-order valence-corrected chi connectivity index (χ0v) is 2.64. The van der Waals surface area contributed by atoms with E-state index in [0.29, 0.717) is 0 Å². The van der Waals surface area contributed by atoms with Crippen molar-refractivity contribution in [2.45, 2.75) is 0 Å². The minimum atomic E-state index is 0.801. The molecule has 0 unspecified atom stereocenters. The maximum absolute atomic E-state index is 4.79. The van der Waals surface area contributed by atoms with E-state index < -0.39 is 0 Å². The number of hydrogen-bond donors (Lipinski definition) is 0. The summed E-state index contributed by atoms with van der Waals surface area (Å²) in [6.45, 7) is 0.801. The quantitative estimate of drug-likeness (QED) is 0.399. The van der Waals surface area contributed by atoms with Crippen molar-refractivity contribution in [2.75, 3.05) is 6.73 Å². The first-order valence-corrected chi connectivity index (χ1v) is 1.58. The molecule has 2 aliphatic rings. The fraction of sp³-hybridized carbons (Fsp3) is 0.333. The lowest BCUT2D eigenvalue weighted by Gasteiger charge is -2.13. The smallest absolute Gasteiger partial charge is 0.215 e. The van der Waals surface area contributed by atoms with Gasteiger partial charge in [0.15, 0.2) is 6.73 Å². The SMILES string of the molecule is C1=C2OCN12. The molecule has 2 heteroatoms. The molecule has 0 N–H and O–H groups in total. The summed E-state index contributed by atoms with van der Waals surface area (Å²) in [4.78, 5) is 2.04. The fourth-order valence-corrected chi connectivity index (χ4v) is 0.393. The second kappa shape index (κ2) is 0.263. The number of ether oxygens (including phenoxy) is 1. The van der Waals surface area contributed by atoms with E-state index in [1.807, 2.05) is 11.1 Å². The van der Waals surface area contributed by atoms with Crippen LogP contribution in [0.3, 0.4) is 0 Å². The van der Waals surface area contributed by atoms with Crippen LogP contribution >= 0.6 is 0 Å². The topological polar surface area (TPSA) is 12.2 Å². The first-order valence-electron chi connectivity index (χ1n) is 1.58. The molecule has 1 saturated heterocycles. The van der Waals surface area contributed by atoms with Crippen molar-refractivity contribution in [3.05, 3.63) is 12.1 Å². The molecule has 0 radical (unpaired) electrons. The molecule has 0 aromatic rings. The van der Waals surface area contributed by atoms with Crippen molar-refractivity contribution in [1.82, 2.24) is 4.90 Å². The molecule has 0 atom stereocenters. The Labute approximate surface area is 29.6 Å². The molecule has 0 spiro atoms. The van der Waals surface area contributed by atoms with Gasteiger partial charge in [0.1, 0.15) is 0 Å². The average Bonchev–Trinajstić information content (AvgIpc) is 1.74. The third kappa shape index (κ3) is 0.0561. The first kappa shape index (κ1) is 1.70. The van der Waals surface area contributed by atoms with E-state index in [-0.39, 0.29) is 0 Å². The van der Waals surface area contributed by atoms with Crippen LogP contribution in [0, 0.1) is 0 Å². The molecule has 2 heterocycles. The van der Waals surface area contributed by atoms with Crippen molar-refractivity contribution < 1.29 is 4.74 Å². The predicted molar refractivity (Wildman–Crippen MR) is 15.9 cm³/mol. The summed E-state index contributed by atoms with van der Waals surface area (Å²) in [6, 6.07) is 0. The first-order chi connectivity index (χ1) is 2.47. The van der Waals surface area contributed by atoms with E-state index >= 15 is 0 Å². The summed E-state index contributed by atoms with van der Waals surface area (Å²) < 4.78 is 4.79. The van der Waals surface area contributed by atoms with E-state index in [2.05, 4.69) is 0 Å². The molecule has 2 rings (SSSR count). The van der Waals surface area contributed by atoms with Crippen molar-refractivity contribution >= 4 is 0 Å². The summed E-state index contributed by atoms with van der Waals surface area (Å²) in [5.41, 5.74) is 0. The Hall–Kier alpha value is -0.660. The highest BCUT2D eigenvalue weighted by atomic mass is 16.6. The molecule has 0 aromatic heterocycles. The minimum Gasteiger partial charge on any atom is -0.456 e. The Kier molecular flexibility index (Phi) is 0.0893. The highest BCUT2D eigenvalue weighted by Gasteiger charge is 2.32. The van der Waals surface area contributed by atoms with Crippen LogP contribution in [0.15, 0.2) is 12.1 Å². The van der Waals surface area contributed by atoms with Crippen LogP contribution in [0.1, 0.15) is 0 Å². The molecular weight excluding hydrogens is 66.0 g/mol. The van der Waals surface area contributed by atoms with Gasteiger partial charge in [0.25, 0.3) is 0 Å². The number of rotatable bonds is 0. The van der Waals surface area contributed by atoms with Crippen LogP contribution < -0.4 is 0 Å². The Bertz CT molecular complexity index is 97.1. The monoisotopic (exact) mass is 69.0 g/mol. The zero-order valence-electron chi connectivity index (χ0n) is 2.64. The van der Waals surface area contributed by atoms with Gasteiger partial charge < -0.3 is 4.74 Å². The zero-order chi connectivity index (χ0) is 3.28. The van der Waals surface area contributed by atoms with Gasteiger partial charge in [0.2, 0.25) is 5.88 Å². The number of hydrogen-bond acceptors (Lipinski definition) is 2. The standard InChI is InChI=1S/C3H3NO/c1-3-4(1)2-5-3/h1H,2H2. The van der Waals surface area contributed by atoms with Crippen LogP contribution in [0.5, 0.6) is 0 Å². The number of fused-ring (bicyclic) bond motifs is 1. The van der Waals surface area contributed by atoms with Crippen molar-refractivity contribution in [2.24, 2.45) is 0 Å². The molecule has 0 amide bonds. The highest BCUT2D eigenvalue weighted by molar-refractivity contribution is 5.16. The summed E-state index contributed by atoms with van der Waals surface area (Å²) in [5.74, 6) is 1.06. The van der Waals surface area contributed by atoms with Gasteiger partial charge in [-0.2, -0.15) is 0 Å². The van der Waals surface area contributed by atoms with Crippen LogP contribution in [0.4, 0.5) is 0 Å². The summed E-state index contributed by atoms with van der Waals surface area (Å²) in [7, 11) is 0. The lowest BCUT2D eigenvalue weighted by Crippen LogP contribution is -2.15. The summed E-state index contributed by atoms with van der Waals surface area (Å²) in [5, 5.41) is 0. The Morgan fingerprint density at radius 1 is 2.00 bits per heavy atom. The van der Waals surface area contributed by atoms with Crippen LogP contribution in [-0.2, 0) is 4.74 Å². The lowest BCUT2D eigenvalue weighted by molar-refractivity contribution is 0.0348. The minimum absolute atomic E-state index is 0.801. The van der Waals surface area contributed by atoms with Gasteiger partial charge >= 0.3 is 0 Å². The third-order valence-electron chi connectivity index (χ3n) is 0.833. The maximum atomic E-state index is 4.79. The Morgan fingerprint density at radius 3 is 2.80 bits per heavy atom. The van der Waals surface area contributed by atoms with Crippen molar-refractivity contribution in [3.8, 4) is 0 Å². The van der Waals surface area contributed by atoms with Gasteiger partial charge in [-0.05, 0) is 0 Å². The van der Waals surface area contributed by atoms with Crippen LogP contribution in [-0.4, -0.2) is 11.6 Å². The van der Waals surface area contributed by atoms with Gasteiger partial charge in [0, 0.05) is 0 Å². The van der Waals surface area contributed by atoms with Gasteiger partial charge in [-0.1, -0.05) is 0 Å². The van der Waals surface area contributed by atoms with Gasteiger partial charge in [-0.3, -0.25) is 4.90 Å². The number of nitrogens with zero attached hydrogens (tertiary/aromatic N) is 1. The van der Waals surface area contributed by atoms with Gasteiger partial charge in [-0.15, -0.1) is 0 Å². The van der Waals surface area contributed by atoms with Crippen molar-refractivity contribution in [3.63, 3.8) is 0 Å². The lowest BCUT2D eigenvalue weighted by atomic mass is 11.0. The van der Waals surface area contributed by atoms with Gasteiger partial charge in [-0.25, -0.2) is 0 Å². The van der Waals surface area contributed by atoms with Gasteiger partial charge in [0.05, 0.1) is 6.20 Å². The fourth-order valence-electron chi connectivity index (χ4n) is 0.393. The van der Waals surface area contributed by atoms with E-state index in [1.165, 1.54) is 0 Å². The highest BCUT2D eigenvalue weighted by Crippen LogP contribution is 2.30. The molecule has 1 fully saturated rings. The molecule has 0 aliphatic carbocycles. The Morgan fingerprint density at radius 2 is 2.80 bits per heavy atom. The molecule has 0 aromatic carbocycles. The van der Waals surface area contributed by atoms with E-state index in [4.69, 9.17) is 4.74 Å². The third-order valence-corrected chi connectivity index (χ3v) is 0.833. The molecule has 5 heavy (non-hydrogen) atoms. The largest absolute Gasteiger partial charge is 0.456 e. The van der Waals surface area contributed by atoms with E-state index in [1.54, 1.807) is 0 Å². The second-order valence-corrected chi connectivity index (χ2v) is 1.21. The maximum Gasteiger partial charge on any atom is 0.215 e. The molecular formula is C3H3NO. The van der Waals surface area contributed by atoms with E-state index in [9.17, 15) is 0 Å². The molecule has 26 valence electrons. The predicted octanol–water partition coefficient (Wildman–Crippen LogP) is 0.0886. The average molecular weight is 69.1 g/mol. The summed E-state index contributed by atoms with van der Waals surface area (Å²) >= 11 is 0. The normalized spacial score (nSPS) is 25.6. The second-order valence-electron chi connectivity index (χ2n) is 1.21. The summed E-state index contributed by atoms with van der Waals surface area (Å²) in [6.07, 6.45) is 1.97. The molecule has 2 nitrogen and oxygen atoms in total.